The summed E-state index contributed by atoms with van der Waals surface area (Å²) in [4.78, 5) is 37.7. The molecular weight excluding hydrogens is 498 g/mol. The first kappa shape index (κ1) is 24.3. The second-order valence-electron chi connectivity index (χ2n) is 7.82. The van der Waals surface area contributed by atoms with Crippen molar-refractivity contribution in [3.63, 3.8) is 0 Å². The highest BCUT2D eigenvalue weighted by atomic mass is 35.5. The highest BCUT2D eigenvalue weighted by Crippen LogP contribution is 2.28. The van der Waals surface area contributed by atoms with Gasteiger partial charge in [0.05, 0.1) is 18.1 Å². The molecular formula is C23H22ClN3O5S2. The Balaban J connectivity index is 1.64. The van der Waals surface area contributed by atoms with Crippen LogP contribution in [-0.2, 0) is 30.7 Å². The number of anilines is 1. The summed E-state index contributed by atoms with van der Waals surface area (Å²) in [7, 11) is -3.11. The number of hydrogen-bond acceptors (Lipinski definition) is 8. The van der Waals surface area contributed by atoms with E-state index in [1.165, 1.54) is 16.2 Å². The molecule has 1 atom stereocenters. The van der Waals surface area contributed by atoms with E-state index in [1.807, 2.05) is 0 Å². The number of hydrogen-bond donors (Lipinski definition) is 0. The molecule has 1 unspecified atom stereocenters. The van der Waals surface area contributed by atoms with Gasteiger partial charge in [0.1, 0.15) is 11.9 Å². The number of aromatic nitrogens is 2. The minimum absolute atomic E-state index is 0.0406. The van der Waals surface area contributed by atoms with Gasteiger partial charge < -0.3 is 4.74 Å². The number of pyridine rings is 1. The lowest BCUT2D eigenvalue weighted by Crippen LogP contribution is -2.40. The lowest BCUT2D eigenvalue weighted by Gasteiger charge is -2.28. The molecule has 3 heterocycles. The fourth-order valence-electron chi connectivity index (χ4n) is 3.70. The molecule has 178 valence electrons. The minimum atomic E-state index is -3.11. The molecule has 4 rings (SSSR count). The summed E-state index contributed by atoms with van der Waals surface area (Å²) in [6.45, 7) is 0.124. The van der Waals surface area contributed by atoms with Crippen LogP contribution in [0.3, 0.4) is 0 Å². The molecule has 1 aromatic carbocycles. The minimum Gasteiger partial charge on any atom is -0.461 e. The third-order valence-corrected chi connectivity index (χ3v) is 8.25. The first-order chi connectivity index (χ1) is 16.3. The summed E-state index contributed by atoms with van der Waals surface area (Å²) in [6.07, 6.45) is 3.01. The smallest absolute Gasteiger partial charge is 0.323 e. The topological polar surface area (TPSA) is 107 Å². The maximum absolute atomic E-state index is 13.9. The van der Waals surface area contributed by atoms with E-state index in [0.29, 0.717) is 15.8 Å². The summed E-state index contributed by atoms with van der Waals surface area (Å²) in [6, 6.07) is 13.8. The number of ether oxygens (including phenoxy) is 1. The molecule has 8 nitrogen and oxygen atoms in total. The predicted molar refractivity (Wildman–Crippen MR) is 130 cm³/mol. The Labute approximate surface area is 206 Å². The molecule has 1 fully saturated rings. The van der Waals surface area contributed by atoms with E-state index in [2.05, 4.69) is 9.97 Å². The van der Waals surface area contributed by atoms with E-state index in [-0.39, 0.29) is 30.9 Å². The SMILES string of the molecule is O=C(OC1CCS(=O)(=O)CC1)C(C(=O)N(Cc1cnc(Cl)s1)c1ccccn1)c1ccccc1. The molecule has 11 heteroatoms. The monoisotopic (exact) mass is 519 g/mol. The number of sulfone groups is 1. The normalized spacial score (nSPS) is 16.5. The third kappa shape index (κ3) is 5.99. The summed E-state index contributed by atoms with van der Waals surface area (Å²) < 4.78 is 29.5. The van der Waals surface area contributed by atoms with Crippen LogP contribution in [-0.4, -0.2) is 47.9 Å². The van der Waals surface area contributed by atoms with Crippen LogP contribution in [0, 0.1) is 0 Å². The number of carbonyl (C=O) groups excluding carboxylic acids is 2. The van der Waals surface area contributed by atoms with Crippen LogP contribution >= 0.6 is 22.9 Å². The van der Waals surface area contributed by atoms with Crippen molar-refractivity contribution in [1.82, 2.24) is 9.97 Å². The molecule has 1 saturated heterocycles. The number of thiazole rings is 1. The number of rotatable bonds is 7. The van der Waals surface area contributed by atoms with Crippen molar-refractivity contribution >= 4 is 50.5 Å². The van der Waals surface area contributed by atoms with Gasteiger partial charge in [-0.2, -0.15) is 0 Å². The van der Waals surface area contributed by atoms with E-state index in [4.69, 9.17) is 16.3 Å². The van der Waals surface area contributed by atoms with Crippen molar-refractivity contribution < 1.29 is 22.7 Å². The van der Waals surface area contributed by atoms with Gasteiger partial charge in [0.2, 0.25) is 5.91 Å². The van der Waals surface area contributed by atoms with Crippen LogP contribution in [0.1, 0.15) is 29.2 Å². The van der Waals surface area contributed by atoms with Gasteiger partial charge in [-0.25, -0.2) is 18.4 Å². The number of nitrogens with zero attached hydrogens (tertiary/aromatic N) is 3. The van der Waals surface area contributed by atoms with Gasteiger partial charge in [0.15, 0.2) is 20.2 Å². The van der Waals surface area contributed by atoms with Crippen LogP contribution in [0.5, 0.6) is 0 Å². The van der Waals surface area contributed by atoms with Gasteiger partial charge in [-0.3, -0.25) is 14.5 Å². The molecule has 2 aromatic heterocycles. The highest BCUT2D eigenvalue weighted by Gasteiger charge is 2.37. The molecule has 0 N–H and O–H groups in total. The third-order valence-electron chi connectivity index (χ3n) is 5.43. The first-order valence-electron chi connectivity index (χ1n) is 10.6. The Morgan fingerprint density at radius 2 is 1.79 bits per heavy atom. The lowest BCUT2D eigenvalue weighted by molar-refractivity contribution is -0.153. The second kappa shape index (κ2) is 10.6. The van der Waals surface area contributed by atoms with Crippen molar-refractivity contribution in [2.45, 2.75) is 31.4 Å². The zero-order valence-corrected chi connectivity index (χ0v) is 20.4. The van der Waals surface area contributed by atoms with Crippen molar-refractivity contribution in [3.8, 4) is 0 Å². The number of esters is 1. The Morgan fingerprint density at radius 1 is 1.09 bits per heavy atom. The fourth-order valence-corrected chi connectivity index (χ4v) is 6.11. The zero-order valence-electron chi connectivity index (χ0n) is 18.0. The molecule has 1 aliphatic rings. The van der Waals surface area contributed by atoms with Crippen LogP contribution in [0.4, 0.5) is 5.82 Å². The average Bonchev–Trinajstić information content (AvgIpc) is 3.25. The molecule has 1 amide bonds. The summed E-state index contributed by atoms with van der Waals surface area (Å²) in [5.74, 6) is -2.19. The van der Waals surface area contributed by atoms with E-state index in [0.717, 1.165) is 4.88 Å². The van der Waals surface area contributed by atoms with Gasteiger partial charge in [0.25, 0.3) is 0 Å². The van der Waals surface area contributed by atoms with Gasteiger partial charge in [-0.15, -0.1) is 11.3 Å². The van der Waals surface area contributed by atoms with Gasteiger partial charge in [-0.1, -0.05) is 48.0 Å². The van der Waals surface area contributed by atoms with E-state index in [1.54, 1.807) is 60.9 Å². The summed E-state index contributed by atoms with van der Waals surface area (Å²) in [5, 5.41) is 0. The maximum Gasteiger partial charge on any atom is 0.323 e. The molecule has 0 bridgehead atoms. The average molecular weight is 520 g/mol. The lowest BCUT2D eigenvalue weighted by atomic mass is 9.97. The Kier molecular flexibility index (Phi) is 7.60. The maximum atomic E-state index is 13.9. The number of benzene rings is 1. The molecule has 34 heavy (non-hydrogen) atoms. The molecule has 0 saturated carbocycles. The number of halogens is 1. The first-order valence-corrected chi connectivity index (χ1v) is 13.6. The van der Waals surface area contributed by atoms with Crippen molar-refractivity contribution in [2.75, 3.05) is 16.4 Å². The van der Waals surface area contributed by atoms with E-state index < -0.39 is 33.7 Å². The van der Waals surface area contributed by atoms with Crippen molar-refractivity contribution in [1.29, 1.82) is 0 Å². The van der Waals surface area contributed by atoms with Gasteiger partial charge >= 0.3 is 5.97 Å². The Morgan fingerprint density at radius 3 is 2.41 bits per heavy atom. The summed E-state index contributed by atoms with van der Waals surface area (Å²) >= 11 is 7.21. The highest BCUT2D eigenvalue weighted by molar-refractivity contribution is 7.91. The summed E-state index contributed by atoms with van der Waals surface area (Å²) in [5.41, 5.74) is 0.476. The van der Waals surface area contributed by atoms with E-state index >= 15 is 0 Å². The van der Waals surface area contributed by atoms with Crippen LogP contribution in [0.25, 0.3) is 0 Å². The Hall–Kier alpha value is -2.82. The van der Waals surface area contributed by atoms with Gasteiger partial charge in [0, 0.05) is 17.3 Å². The van der Waals surface area contributed by atoms with E-state index in [9.17, 15) is 18.0 Å². The van der Waals surface area contributed by atoms with Crippen molar-refractivity contribution in [2.24, 2.45) is 0 Å². The molecule has 0 spiro atoms. The van der Waals surface area contributed by atoms with Gasteiger partial charge in [-0.05, 0) is 30.5 Å². The Bertz CT molecular complexity index is 1240. The van der Waals surface area contributed by atoms with Crippen LogP contribution in [0.15, 0.2) is 60.9 Å². The van der Waals surface area contributed by atoms with Crippen molar-refractivity contribution in [3.05, 3.63) is 75.8 Å². The molecule has 0 radical (unpaired) electrons. The molecule has 0 aliphatic carbocycles. The second-order valence-corrected chi connectivity index (χ2v) is 11.8. The number of carbonyl (C=O) groups is 2. The standard InChI is InChI=1S/C23H22ClN3O5S2/c24-23-26-14-18(33-23)15-27(19-8-4-5-11-25-19)21(28)20(16-6-2-1-3-7-16)22(29)32-17-9-12-34(30,31)13-10-17/h1-8,11,14,17,20H,9-10,12-13,15H2. The zero-order chi connectivity index (χ0) is 24.1. The quantitative estimate of drug-likeness (QED) is 0.346. The predicted octanol–water partition coefficient (Wildman–Crippen LogP) is 3.63. The van der Waals surface area contributed by atoms with Crippen LogP contribution < -0.4 is 4.90 Å². The van der Waals surface area contributed by atoms with Crippen LogP contribution in [0.2, 0.25) is 4.47 Å². The number of amides is 1. The largest absolute Gasteiger partial charge is 0.461 e. The molecule has 1 aliphatic heterocycles. The fraction of sp³-hybridized carbons (Fsp3) is 0.304. The molecule has 3 aromatic rings.